The number of hydrogen-bond donors (Lipinski definition) is 0. The van der Waals surface area contributed by atoms with Gasteiger partial charge in [0.25, 0.3) is 0 Å². The minimum absolute atomic E-state index is 0.431. The zero-order chi connectivity index (χ0) is 18.7. The Bertz CT molecular complexity index is 750. The molecule has 25 heavy (non-hydrogen) atoms. The number of carbonyl (C=O) groups excluding carboxylic acids is 1. The molecule has 0 unspecified atom stereocenters. The van der Waals surface area contributed by atoms with Gasteiger partial charge in [0.05, 0.1) is 5.56 Å². The molecule has 0 heterocycles. The van der Waals surface area contributed by atoms with Crippen molar-refractivity contribution in [1.82, 2.24) is 0 Å². The van der Waals surface area contributed by atoms with E-state index in [9.17, 15) is 18.0 Å². The number of hydrogen-bond acceptors (Lipinski definition) is 2. The van der Waals surface area contributed by atoms with Crippen molar-refractivity contribution in [3.05, 3.63) is 65.7 Å². The van der Waals surface area contributed by atoms with E-state index in [4.69, 9.17) is 4.74 Å². The molecule has 0 radical (unpaired) electrons. The van der Waals surface area contributed by atoms with Gasteiger partial charge in [-0.3, -0.25) is 0 Å². The molecule has 0 saturated heterocycles. The summed E-state index contributed by atoms with van der Waals surface area (Å²) in [6.45, 7) is 5.37. The summed E-state index contributed by atoms with van der Waals surface area (Å²) < 4.78 is 42.9. The number of alkyl halides is 3. The summed E-state index contributed by atoms with van der Waals surface area (Å²) in [7, 11) is 0. The van der Waals surface area contributed by atoms with Crippen LogP contribution in [0.3, 0.4) is 0 Å². The Labute approximate surface area is 144 Å². The molecule has 0 atom stereocenters. The molecule has 2 aromatic rings. The molecule has 0 aliphatic carbocycles. The molecule has 132 valence electrons. The van der Waals surface area contributed by atoms with Gasteiger partial charge >= 0.3 is 12.1 Å². The van der Waals surface area contributed by atoms with Crippen LogP contribution in [0.15, 0.2) is 54.6 Å². The van der Waals surface area contributed by atoms with Crippen LogP contribution < -0.4 is 0 Å². The summed E-state index contributed by atoms with van der Waals surface area (Å²) in [4.78, 5) is 11.6. The first-order valence-electron chi connectivity index (χ1n) is 7.73. The van der Waals surface area contributed by atoms with Gasteiger partial charge in [0.1, 0.15) is 5.60 Å². The summed E-state index contributed by atoms with van der Waals surface area (Å²) in [5.74, 6) is -0.431. The fourth-order valence-corrected chi connectivity index (χ4v) is 2.14. The summed E-state index contributed by atoms with van der Waals surface area (Å²) in [6.07, 6.45) is -1.36. The van der Waals surface area contributed by atoms with E-state index >= 15 is 0 Å². The molecule has 0 aliphatic heterocycles. The van der Waals surface area contributed by atoms with Crippen molar-refractivity contribution in [3.8, 4) is 11.1 Å². The smallest absolute Gasteiger partial charge is 0.416 e. The molecule has 0 aliphatic rings. The molecule has 0 aromatic heterocycles. The van der Waals surface area contributed by atoms with Crippen molar-refractivity contribution in [1.29, 1.82) is 0 Å². The van der Waals surface area contributed by atoms with Gasteiger partial charge in [0, 0.05) is 6.08 Å². The number of rotatable bonds is 3. The summed E-state index contributed by atoms with van der Waals surface area (Å²) in [5.41, 5.74) is 1.06. The lowest BCUT2D eigenvalue weighted by molar-refractivity contribution is -0.148. The quantitative estimate of drug-likeness (QED) is 0.523. The van der Waals surface area contributed by atoms with Crippen LogP contribution in [0, 0.1) is 0 Å². The van der Waals surface area contributed by atoms with E-state index in [0.29, 0.717) is 5.56 Å². The Balaban J connectivity index is 2.08. The van der Waals surface area contributed by atoms with Crippen molar-refractivity contribution in [3.63, 3.8) is 0 Å². The van der Waals surface area contributed by atoms with Crippen LogP contribution in [0.4, 0.5) is 13.2 Å². The second-order valence-corrected chi connectivity index (χ2v) is 6.56. The third kappa shape index (κ3) is 5.78. The van der Waals surface area contributed by atoms with E-state index in [2.05, 4.69) is 0 Å². The summed E-state index contributed by atoms with van der Waals surface area (Å²) in [5, 5.41) is 0. The van der Waals surface area contributed by atoms with Crippen LogP contribution in [-0.2, 0) is 15.7 Å². The molecule has 0 saturated carbocycles. The van der Waals surface area contributed by atoms with E-state index in [0.717, 1.165) is 23.3 Å². The summed E-state index contributed by atoms with van der Waals surface area (Å²) >= 11 is 0. The highest BCUT2D eigenvalue weighted by Gasteiger charge is 2.29. The van der Waals surface area contributed by atoms with Crippen LogP contribution in [0.25, 0.3) is 17.2 Å². The fourth-order valence-electron chi connectivity index (χ4n) is 2.14. The maximum absolute atomic E-state index is 12.6. The van der Waals surface area contributed by atoms with E-state index in [1.165, 1.54) is 18.2 Å². The molecule has 2 rings (SSSR count). The van der Waals surface area contributed by atoms with Gasteiger partial charge < -0.3 is 4.74 Å². The fraction of sp³-hybridized carbons (Fsp3) is 0.250. The Hall–Kier alpha value is -2.56. The highest BCUT2D eigenvalue weighted by Crippen LogP contribution is 2.31. The molecule has 0 fully saturated rings. The van der Waals surface area contributed by atoms with Crippen molar-refractivity contribution >= 4 is 12.0 Å². The van der Waals surface area contributed by atoms with Crippen molar-refractivity contribution < 1.29 is 22.7 Å². The molecule has 0 N–H and O–H groups in total. The van der Waals surface area contributed by atoms with Gasteiger partial charge in [0.15, 0.2) is 0 Å². The van der Waals surface area contributed by atoms with Crippen LogP contribution in [0.2, 0.25) is 0 Å². The van der Waals surface area contributed by atoms with Gasteiger partial charge in [-0.15, -0.1) is 0 Å². The Morgan fingerprint density at radius 3 is 1.80 bits per heavy atom. The molecular formula is C20H19F3O2. The van der Waals surface area contributed by atoms with Crippen molar-refractivity contribution in [2.45, 2.75) is 32.5 Å². The highest BCUT2D eigenvalue weighted by atomic mass is 19.4. The maximum atomic E-state index is 12.6. The number of ether oxygens (including phenoxy) is 1. The molecule has 0 spiro atoms. The number of carbonyl (C=O) groups is 1. The van der Waals surface area contributed by atoms with Gasteiger partial charge in [-0.1, -0.05) is 36.4 Å². The Morgan fingerprint density at radius 1 is 0.880 bits per heavy atom. The van der Waals surface area contributed by atoms with E-state index in [1.54, 1.807) is 51.1 Å². The first kappa shape index (κ1) is 18.8. The zero-order valence-corrected chi connectivity index (χ0v) is 14.2. The topological polar surface area (TPSA) is 26.3 Å². The lowest BCUT2D eigenvalue weighted by Crippen LogP contribution is -2.22. The second-order valence-electron chi connectivity index (χ2n) is 6.56. The third-order valence-corrected chi connectivity index (χ3v) is 3.27. The molecule has 0 amide bonds. The molecule has 2 nitrogen and oxygen atoms in total. The first-order chi connectivity index (χ1) is 11.5. The Morgan fingerprint density at radius 2 is 1.36 bits per heavy atom. The maximum Gasteiger partial charge on any atom is 0.416 e. The molecular weight excluding hydrogens is 329 g/mol. The largest absolute Gasteiger partial charge is 0.457 e. The van der Waals surface area contributed by atoms with Gasteiger partial charge in [0.2, 0.25) is 0 Å². The lowest BCUT2D eigenvalue weighted by Gasteiger charge is -2.17. The SMILES string of the molecule is CC(C)(C)OC(=O)/C=C/c1ccc(-c2ccc(C(F)(F)F)cc2)cc1. The minimum Gasteiger partial charge on any atom is -0.457 e. The van der Waals surface area contributed by atoms with Crippen LogP contribution in [0.1, 0.15) is 31.9 Å². The second kappa shape index (κ2) is 7.13. The molecule has 0 bridgehead atoms. The third-order valence-electron chi connectivity index (χ3n) is 3.27. The predicted octanol–water partition coefficient (Wildman–Crippen LogP) is 5.73. The monoisotopic (exact) mass is 348 g/mol. The van der Waals surface area contributed by atoms with Crippen molar-refractivity contribution in [2.75, 3.05) is 0 Å². The number of halogens is 3. The van der Waals surface area contributed by atoms with Gasteiger partial charge in [-0.05, 0) is 55.7 Å². The van der Waals surface area contributed by atoms with Crippen molar-refractivity contribution in [2.24, 2.45) is 0 Å². The van der Waals surface area contributed by atoms with Gasteiger partial charge in [-0.25, -0.2) is 4.79 Å². The zero-order valence-electron chi connectivity index (χ0n) is 14.2. The number of esters is 1. The average Bonchev–Trinajstić information content (AvgIpc) is 2.51. The average molecular weight is 348 g/mol. The van der Waals surface area contributed by atoms with Gasteiger partial charge in [-0.2, -0.15) is 13.2 Å². The van der Waals surface area contributed by atoms with Crippen LogP contribution >= 0.6 is 0 Å². The van der Waals surface area contributed by atoms with E-state index in [1.807, 2.05) is 0 Å². The first-order valence-corrected chi connectivity index (χ1v) is 7.73. The Kier molecular flexibility index (Phi) is 5.36. The normalized spacial score (nSPS) is 12.4. The van der Waals surface area contributed by atoms with Crippen LogP contribution in [-0.4, -0.2) is 11.6 Å². The standard InChI is InChI=1S/C20H19F3O2/c1-19(2,3)25-18(24)13-6-14-4-7-15(8-5-14)16-9-11-17(12-10-16)20(21,22)23/h4-13H,1-3H3/b13-6+. The number of benzene rings is 2. The predicted molar refractivity (Wildman–Crippen MR) is 91.8 cm³/mol. The molecule has 5 heteroatoms. The lowest BCUT2D eigenvalue weighted by atomic mass is 10.0. The summed E-state index contributed by atoms with van der Waals surface area (Å²) in [6, 6.07) is 12.1. The van der Waals surface area contributed by atoms with E-state index < -0.39 is 23.3 Å². The highest BCUT2D eigenvalue weighted by molar-refractivity contribution is 5.87. The van der Waals surface area contributed by atoms with Crippen LogP contribution in [0.5, 0.6) is 0 Å². The molecule has 2 aromatic carbocycles. The van der Waals surface area contributed by atoms with E-state index in [-0.39, 0.29) is 0 Å². The minimum atomic E-state index is -4.34.